The average molecular weight is 487 g/mol. The van der Waals surface area contributed by atoms with Gasteiger partial charge < -0.3 is 19.3 Å². The smallest absolute Gasteiger partial charge is 0.272 e. The Labute approximate surface area is 209 Å². The standard InChI is InChI=1S/C28H27FN4O3/c1-35-24-11-7-22(8-12-24)31-15-17-32(18-16-31)28(34)27-19-26(20-3-5-21(29)6-4-20)30-33(27)23-9-13-25(36-2)14-10-23/h3-14,19H,15-18H2,1-2H3. The highest BCUT2D eigenvalue weighted by Gasteiger charge is 2.26. The van der Waals surface area contributed by atoms with Crippen molar-refractivity contribution >= 4 is 11.6 Å². The summed E-state index contributed by atoms with van der Waals surface area (Å²) in [5.74, 6) is 1.11. The number of hydrogen-bond acceptors (Lipinski definition) is 5. The number of hydrogen-bond donors (Lipinski definition) is 0. The van der Waals surface area contributed by atoms with Crippen LogP contribution in [0.15, 0.2) is 78.9 Å². The second kappa shape index (κ2) is 10.1. The van der Waals surface area contributed by atoms with Crippen molar-refractivity contribution in [3.63, 3.8) is 0 Å². The summed E-state index contributed by atoms with van der Waals surface area (Å²) in [7, 11) is 3.26. The molecule has 1 aromatic heterocycles. The summed E-state index contributed by atoms with van der Waals surface area (Å²) in [6.45, 7) is 2.62. The molecule has 7 nitrogen and oxygen atoms in total. The van der Waals surface area contributed by atoms with Crippen LogP contribution in [0.5, 0.6) is 11.5 Å². The van der Waals surface area contributed by atoms with Crippen LogP contribution < -0.4 is 14.4 Å². The first kappa shape index (κ1) is 23.4. The van der Waals surface area contributed by atoms with E-state index in [0.717, 1.165) is 35.8 Å². The molecule has 1 aliphatic rings. The SMILES string of the molecule is COc1ccc(N2CCN(C(=O)c3cc(-c4ccc(F)cc4)nn3-c3ccc(OC)cc3)CC2)cc1. The number of nitrogens with zero attached hydrogens (tertiary/aromatic N) is 4. The third kappa shape index (κ3) is 4.75. The van der Waals surface area contributed by atoms with Crippen LogP contribution >= 0.6 is 0 Å². The van der Waals surface area contributed by atoms with Crippen LogP contribution in [-0.2, 0) is 0 Å². The normalized spacial score (nSPS) is 13.5. The summed E-state index contributed by atoms with van der Waals surface area (Å²) < 4.78 is 25.6. The Kier molecular flexibility index (Phi) is 6.58. The molecule has 0 bridgehead atoms. The Morgan fingerprint density at radius 1 is 0.778 bits per heavy atom. The van der Waals surface area contributed by atoms with E-state index in [1.807, 2.05) is 53.4 Å². The minimum atomic E-state index is -0.320. The third-order valence-electron chi connectivity index (χ3n) is 6.39. The number of benzene rings is 3. The lowest BCUT2D eigenvalue weighted by atomic mass is 10.1. The molecule has 8 heteroatoms. The summed E-state index contributed by atoms with van der Waals surface area (Å²) in [6.07, 6.45) is 0. The van der Waals surface area contributed by atoms with Crippen LogP contribution in [0.25, 0.3) is 16.9 Å². The fraction of sp³-hybridized carbons (Fsp3) is 0.214. The van der Waals surface area contributed by atoms with E-state index in [0.29, 0.717) is 30.2 Å². The molecule has 1 fully saturated rings. The van der Waals surface area contributed by atoms with E-state index in [1.165, 1.54) is 12.1 Å². The van der Waals surface area contributed by atoms with Crippen LogP contribution in [0.2, 0.25) is 0 Å². The quantitative estimate of drug-likeness (QED) is 0.397. The van der Waals surface area contributed by atoms with Crippen molar-refractivity contribution in [2.45, 2.75) is 0 Å². The van der Waals surface area contributed by atoms with Gasteiger partial charge in [0.05, 0.1) is 25.6 Å². The first-order valence-electron chi connectivity index (χ1n) is 11.7. The van der Waals surface area contributed by atoms with Crippen LogP contribution in [-0.4, -0.2) is 61.0 Å². The molecule has 0 saturated carbocycles. The Bertz CT molecular complexity index is 1330. The molecular weight excluding hydrogens is 459 g/mol. The van der Waals surface area contributed by atoms with Crippen molar-refractivity contribution in [2.24, 2.45) is 0 Å². The highest BCUT2D eigenvalue weighted by Crippen LogP contribution is 2.26. The highest BCUT2D eigenvalue weighted by atomic mass is 19.1. The van der Waals surface area contributed by atoms with Gasteiger partial charge in [-0.25, -0.2) is 9.07 Å². The zero-order valence-electron chi connectivity index (χ0n) is 20.2. The van der Waals surface area contributed by atoms with Gasteiger partial charge in [0, 0.05) is 37.4 Å². The van der Waals surface area contributed by atoms with Gasteiger partial charge in [-0.2, -0.15) is 5.10 Å². The van der Waals surface area contributed by atoms with E-state index < -0.39 is 0 Å². The molecule has 3 aromatic carbocycles. The first-order valence-corrected chi connectivity index (χ1v) is 11.7. The first-order chi connectivity index (χ1) is 17.6. The van der Waals surface area contributed by atoms with Crippen LogP contribution in [0, 0.1) is 5.82 Å². The lowest BCUT2D eigenvalue weighted by Crippen LogP contribution is -2.49. The molecular formula is C28H27FN4O3. The molecule has 2 heterocycles. The summed E-state index contributed by atoms with van der Waals surface area (Å²) in [5.41, 5.74) is 3.64. The molecule has 1 saturated heterocycles. The number of halogens is 1. The molecule has 0 aliphatic carbocycles. The lowest BCUT2D eigenvalue weighted by Gasteiger charge is -2.36. The monoisotopic (exact) mass is 486 g/mol. The van der Waals surface area contributed by atoms with E-state index in [4.69, 9.17) is 14.6 Å². The molecule has 1 aliphatic heterocycles. The van der Waals surface area contributed by atoms with Gasteiger partial charge in [-0.3, -0.25) is 4.79 Å². The number of carbonyl (C=O) groups is 1. The van der Waals surface area contributed by atoms with Crippen LogP contribution in [0.4, 0.5) is 10.1 Å². The number of carbonyl (C=O) groups excluding carboxylic acids is 1. The molecule has 4 aromatic rings. The zero-order valence-corrected chi connectivity index (χ0v) is 20.2. The Balaban J connectivity index is 1.40. The van der Waals surface area contributed by atoms with E-state index in [2.05, 4.69) is 4.90 Å². The number of rotatable bonds is 6. The number of piperazine rings is 1. The summed E-state index contributed by atoms with van der Waals surface area (Å²) in [5, 5.41) is 4.71. The number of anilines is 1. The van der Waals surface area contributed by atoms with Crippen LogP contribution in [0.1, 0.15) is 10.5 Å². The minimum Gasteiger partial charge on any atom is -0.497 e. The van der Waals surface area contributed by atoms with E-state index in [1.54, 1.807) is 37.1 Å². The fourth-order valence-electron chi connectivity index (χ4n) is 4.34. The Hall–Kier alpha value is -4.33. The van der Waals surface area contributed by atoms with E-state index in [-0.39, 0.29) is 11.7 Å². The van der Waals surface area contributed by atoms with Gasteiger partial charge in [-0.15, -0.1) is 0 Å². The molecule has 0 spiro atoms. The second-order valence-corrected chi connectivity index (χ2v) is 8.51. The number of methoxy groups -OCH3 is 2. The van der Waals surface area contributed by atoms with Crippen molar-refractivity contribution in [1.29, 1.82) is 0 Å². The molecule has 0 radical (unpaired) electrons. The van der Waals surface area contributed by atoms with Gasteiger partial charge in [0.15, 0.2) is 0 Å². The van der Waals surface area contributed by atoms with Gasteiger partial charge in [-0.05, 0) is 78.9 Å². The molecule has 1 amide bonds. The highest BCUT2D eigenvalue weighted by molar-refractivity contribution is 5.94. The fourth-order valence-corrected chi connectivity index (χ4v) is 4.34. The topological polar surface area (TPSA) is 59.8 Å². The molecule has 0 unspecified atom stereocenters. The van der Waals surface area contributed by atoms with Crippen LogP contribution in [0.3, 0.4) is 0 Å². The summed E-state index contributed by atoms with van der Waals surface area (Å²) in [6, 6.07) is 23.2. The molecule has 36 heavy (non-hydrogen) atoms. The number of aromatic nitrogens is 2. The molecule has 184 valence electrons. The maximum atomic E-state index is 13.7. The predicted molar refractivity (Wildman–Crippen MR) is 137 cm³/mol. The average Bonchev–Trinajstić information content (AvgIpc) is 3.39. The Morgan fingerprint density at radius 2 is 1.33 bits per heavy atom. The van der Waals surface area contributed by atoms with Crippen molar-refractivity contribution in [3.05, 3.63) is 90.4 Å². The maximum Gasteiger partial charge on any atom is 0.272 e. The van der Waals surface area contributed by atoms with E-state index in [9.17, 15) is 9.18 Å². The number of amides is 1. The number of ether oxygens (including phenoxy) is 2. The van der Waals surface area contributed by atoms with Crippen molar-refractivity contribution in [1.82, 2.24) is 14.7 Å². The van der Waals surface area contributed by atoms with Gasteiger partial charge in [0.2, 0.25) is 0 Å². The Morgan fingerprint density at radius 3 is 1.89 bits per heavy atom. The second-order valence-electron chi connectivity index (χ2n) is 8.51. The van der Waals surface area contributed by atoms with Gasteiger partial charge in [-0.1, -0.05) is 0 Å². The summed E-state index contributed by atoms with van der Waals surface area (Å²) >= 11 is 0. The van der Waals surface area contributed by atoms with Gasteiger partial charge >= 0.3 is 0 Å². The third-order valence-corrected chi connectivity index (χ3v) is 6.39. The molecule has 5 rings (SSSR count). The molecule has 0 atom stereocenters. The largest absolute Gasteiger partial charge is 0.497 e. The minimum absolute atomic E-state index is 0.0962. The lowest BCUT2D eigenvalue weighted by molar-refractivity contribution is 0.0737. The molecule has 0 N–H and O–H groups in total. The zero-order chi connectivity index (χ0) is 25.1. The van der Waals surface area contributed by atoms with Crippen molar-refractivity contribution < 1.29 is 18.7 Å². The van der Waals surface area contributed by atoms with Gasteiger partial charge in [0.1, 0.15) is 23.0 Å². The maximum absolute atomic E-state index is 13.7. The van der Waals surface area contributed by atoms with Crippen molar-refractivity contribution in [3.8, 4) is 28.4 Å². The van der Waals surface area contributed by atoms with E-state index >= 15 is 0 Å². The summed E-state index contributed by atoms with van der Waals surface area (Å²) in [4.78, 5) is 17.8. The van der Waals surface area contributed by atoms with Gasteiger partial charge in [0.25, 0.3) is 5.91 Å². The van der Waals surface area contributed by atoms with Crippen molar-refractivity contribution in [2.75, 3.05) is 45.3 Å². The predicted octanol–water partition coefficient (Wildman–Crippen LogP) is 4.66.